The Morgan fingerprint density at radius 3 is 2.79 bits per heavy atom. The summed E-state index contributed by atoms with van der Waals surface area (Å²) in [5, 5.41) is 0.114. The van der Waals surface area contributed by atoms with Crippen LogP contribution in [0.4, 0.5) is 19.4 Å². The molecule has 0 aromatic carbocycles. The van der Waals surface area contributed by atoms with Crippen molar-refractivity contribution in [2.75, 3.05) is 51.4 Å². The average molecular weight is 609 g/mol. The van der Waals surface area contributed by atoms with E-state index in [0.29, 0.717) is 50.3 Å². The SMILES string of the molecule is COCCC12CCC(CN(c3nc(OC[C@@]45CCCN4C[C@H](F)C5)nc4c(F)c(Cl)ncc34)C1)N2C(=O)OC(C)(C)C. The third-order valence-corrected chi connectivity index (χ3v) is 9.49. The normalized spacial score (nSPS) is 29.4. The summed E-state index contributed by atoms with van der Waals surface area (Å²) >= 11 is 6.07. The number of amides is 1. The quantitative estimate of drug-likeness (QED) is 0.412. The molecule has 2 aromatic heterocycles. The summed E-state index contributed by atoms with van der Waals surface area (Å²) < 4.78 is 47.2. The summed E-state index contributed by atoms with van der Waals surface area (Å²) in [6.07, 6.45) is 4.58. The van der Waals surface area contributed by atoms with Crippen LogP contribution in [0.3, 0.4) is 0 Å². The fourth-order valence-corrected chi connectivity index (χ4v) is 7.60. The van der Waals surface area contributed by atoms with Crippen LogP contribution in [0.2, 0.25) is 5.15 Å². The van der Waals surface area contributed by atoms with Gasteiger partial charge in [-0.1, -0.05) is 11.6 Å². The number of carbonyl (C=O) groups is 1. The van der Waals surface area contributed by atoms with E-state index in [1.54, 1.807) is 7.11 Å². The molecule has 4 aliphatic heterocycles. The maximum atomic E-state index is 15.4. The van der Waals surface area contributed by atoms with Crippen LogP contribution in [-0.2, 0) is 9.47 Å². The molecular weight excluding hydrogens is 570 g/mol. The number of halogens is 3. The van der Waals surface area contributed by atoms with Gasteiger partial charge in [-0.2, -0.15) is 9.97 Å². The van der Waals surface area contributed by atoms with Crippen molar-refractivity contribution in [1.29, 1.82) is 0 Å². The smallest absolute Gasteiger partial charge is 0.411 e. The monoisotopic (exact) mass is 608 g/mol. The number of hydrogen-bond donors (Lipinski definition) is 0. The number of nitrogens with zero attached hydrogens (tertiary/aromatic N) is 6. The van der Waals surface area contributed by atoms with Gasteiger partial charge in [0.25, 0.3) is 0 Å². The standard InChI is InChI=1S/C29H39ClF2N6O4/c1-27(2,3)42-26(39)38-19-6-8-28(38,9-11-40-4)16-36(15-19)24-20-13-33-23(30)21(32)22(20)34-25(35-24)41-17-29-7-5-10-37(29)14-18(31)12-29/h13,18-19H,5-12,14-17H2,1-4H3/t18-,19?,28?,29+/m1/s1. The van der Waals surface area contributed by atoms with Crippen LogP contribution in [0.5, 0.6) is 6.01 Å². The van der Waals surface area contributed by atoms with Gasteiger partial charge in [0.2, 0.25) is 0 Å². The van der Waals surface area contributed by atoms with Gasteiger partial charge in [0, 0.05) is 46.0 Å². The molecule has 2 unspecified atom stereocenters. The van der Waals surface area contributed by atoms with Crippen LogP contribution >= 0.6 is 11.6 Å². The molecule has 0 radical (unpaired) electrons. The molecule has 6 heterocycles. The molecule has 1 amide bonds. The number of piperazine rings is 1. The highest BCUT2D eigenvalue weighted by molar-refractivity contribution is 6.30. The number of methoxy groups -OCH3 is 1. The molecular formula is C29H39ClF2N6O4. The Labute approximate surface area is 249 Å². The molecule has 0 aliphatic carbocycles. The Morgan fingerprint density at radius 2 is 2.02 bits per heavy atom. The number of fused-ring (bicyclic) bond motifs is 4. The first-order valence-corrected chi connectivity index (χ1v) is 15.1. The number of aromatic nitrogens is 3. The minimum atomic E-state index is -0.899. The highest BCUT2D eigenvalue weighted by Gasteiger charge is 2.55. The zero-order chi connectivity index (χ0) is 29.9. The average Bonchev–Trinajstić information content (AvgIpc) is 3.53. The predicted octanol–water partition coefficient (Wildman–Crippen LogP) is 4.77. The van der Waals surface area contributed by atoms with Gasteiger partial charge < -0.3 is 19.1 Å². The Morgan fingerprint density at radius 1 is 1.21 bits per heavy atom. The van der Waals surface area contributed by atoms with Crippen LogP contribution in [0.25, 0.3) is 10.9 Å². The molecule has 4 atom stereocenters. The van der Waals surface area contributed by atoms with E-state index in [2.05, 4.69) is 19.8 Å². The van der Waals surface area contributed by atoms with Gasteiger partial charge in [-0.25, -0.2) is 18.6 Å². The number of alkyl halides is 1. The minimum Gasteiger partial charge on any atom is -0.461 e. The van der Waals surface area contributed by atoms with E-state index < -0.39 is 28.7 Å². The second-order valence-electron chi connectivity index (χ2n) is 13.2. The van der Waals surface area contributed by atoms with Gasteiger partial charge in [0.05, 0.1) is 22.5 Å². The molecule has 6 rings (SSSR count). The first kappa shape index (κ1) is 29.5. The van der Waals surface area contributed by atoms with Crippen molar-refractivity contribution in [3.63, 3.8) is 0 Å². The van der Waals surface area contributed by atoms with Crippen LogP contribution in [0.1, 0.15) is 59.3 Å². The third-order valence-electron chi connectivity index (χ3n) is 9.23. The molecule has 0 saturated carbocycles. The minimum absolute atomic E-state index is 0.00931. The Bertz CT molecular complexity index is 1360. The maximum Gasteiger partial charge on any atom is 0.411 e. The van der Waals surface area contributed by atoms with Crippen molar-refractivity contribution >= 4 is 34.4 Å². The lowest BCUT2D eigenvalue weighted by Gasteiger charge is -2.49. The van der Waals surface area contributed by atoms with Crippen molar-refractivity contribution in [2.24, 2.45) is 0 Å². The van der Waals surface area contributed by atoms with Crippen LogP contribution in [0, 0.1) is 5.82 Å². The van der Waals surface area contributed by atoms with Crippen molar-refractivity contribution < 1.29 is 27.8 Å². The molecule has 4 fully saturated rings. The molecule has 2 aromatic rings. The number of rotatable bonds is 7. The lowest BCUT2D eigenvalue weighted by atomic mass is 9.91. The molecule has 230 valence electrons. The highest BCUT2D eigenvalue weighted by atomic mass is 35.5. The third kappa shape index (κ3) is 5.23. The summed E-state index contributed by atoms with van der Waals surface area (Å²) in [5.74, 6) is -0.288. The van der Waals surface area contributed by atoms with E-state index in [1.807, 2.05) is 25.7 Å². The highest BCUT2D eigenvalue weighted by Crippen LogP contribution is 2.45. The van der Waals surface area contributed by atoms with Gasteiger partial charge in [-0.3, -0.25) is 9.80 Å². The van der Waals surface area contributed by atoms with E-state index in [4.69, 9.17) is 30.8 Å². The summed E-state index contributed by atoms with van der Waals surface area (Å²) in [6.45, 7) is 8.37. The maximum absolute atomic E-state index is 15.4. The second-order valence-corrected chi connectivity index (χ2v) is 13.6. The van der Waals surface area contributed by atoms with Crippen molar-refractivity contribution in [1.82, 2.24) is 24.8 Å². The first-order chi connectivity index (χ1) is 19.9. The van der Waals surface area contributed by atoms with E-state index in [0.717, 1.165) is 32.2 Å². The second kappa shape index (κ2) is 10.9. The zero-order valence-corrected chi connectivity index (χ0v) is 25.4. The summed E-state index contributed by atoms with van der Waals surface area (Å²) in [7, 11) is 1.64. The molecule has 2 bridgehead atoms. The van der Waals surface area contributed by atoms with Gasteiger partial charge in [-0.15, -0.1) is 0 Å². The summed E-state index contributed by atoms with van der Waals surface area (Å²) in [5.41, 5.74) is -1.60. The first-order valence-electron chi connectivity index (χ1n) is 14.7. The number of anilines is 1. The van der Waals surface area contributed by atoms with Gasteiger partial charge in [-0.05, 0) is 59.4 Å². The topological polar surface area (TPSA) is 93.2 Å². The summed E-state index contributed by atoms with van der Waals surface area (Å²) in [4.78, 5) is 32.8. The molecule has 4 aliphatic rings. The fraction of sp³-hybridized carbons (Fsp3) is 0.724. The number of ether oxygens (including phenoxy) is 3. The number of hydrogen-bond acceptors (Lipinski definition) is 9. The fourth-order valence-electron chi connectivity index (χ4n) is 7.46. The van der Waals surface area contributed by atoms with Crippen molar-refractivity contribution in [3.05, 3.63) is 17.2 Å². The molecule has 0 N–H and O–H groups in total. The van der Waals surface area contributed by atoms with Crippen LogP contribution in [0.15, 0.2) is 6.20 Å². The van der Waals surface area contributed by atoms with Crippen LogP contribution in [-0.4, -0.2) is 106 Å². The Hall–Kier alpha value is -2.57. The summed E-state index contributed by atoms with van der Waals surface area (Å²) in [6, 6.07) is -0.133. The zero-order valence-electron chi connectivity index (χ0n) is 24.7. The molecule has 42 heavy (non-hydrogen) atoms. The molecule has 13 heteroatoms. The Balaban J connectivity index is 1.35. The van der Waals surface area contributed by atoms with Crippen molar-refractivity contribution in [3.8, 4) is 6.01 Å². The van der Waals surface area contributed by atoms with Crippen LogP contribution < -0.4 is 9.64 Å². The van der Waals surface area contributed by atoms with E-state index in [1.165, 1.54) is 6.20 Å². The van der Waals surface area contributed by atoms with Gasteiger partial charge in [0.15, 0.2) is 11.0 Å². The van der Waals surface area contributed by atoms with Gasteiger partial charge in [0.1, 0.15) is 29.7 Å². The number of carbonyl (C=O) groups excluding carboxylic acids is 1. The predicted molar refractivity (Wildman–Crippen MR) is 153 cm³/mol. The Kier molecular flexibility index (Phi) is 7.62. The van der Waals surface area contributed by atoms with E-state index in [9.17, 15) is 9.18 Å². The van der Waals surface area contributed by atoms with E-state index in [-0.39, 0.29) is 35.4 Å². The number of pyridine rings is 1. The lowest BCUT2D eigenvalue weighted by Crippen LogP contribution is -2.64. The van der Waals surface area contributed by atoms with E-state index >= 15 is 4.39 Å². The molecule has 0 spiro atoms. The molecule has 10 nitrogen and oxygen atoms in total. The van der Waals surface area contributed by atoms with Gasteiger partial charge >= 0.3 is 12.1 Å². The largest absolute Gasteiger partial charge is 0.461 e. The van der Waals surface area contributed by atoms with Crippen molar-refractivity contribution in [2.45, 2.75) is 88.2 Å². The lowest BCUT2D eigenvalue weighted by molar-refractivity contribution is -0.0130. The molecule has 4 saturated heterocycles.